The molecule has 4 nitrogen and oxygen atoms in total. The molecule has 1 aliphatic heterocycles. The van der Waals surface area contributed by atoms with Crippen molar-refractivity contribution in [2.24, 2.45) is 17.6 Å². The summed E-state index contributed by atoms with van der Waals surface area (Å²) in [5.74, 6) is -0.456. The zero-order valence-corrected chi connectivity index (χ0v) is 9.31. The first kappa shape index (κ1) is 11.9. The molecule has 2 fully saturated rings. The number of nitrogens with two attached hydrogens (primary N) is 1. The van der Waals surface area contributed by atoms with Crippen molar-refractivity contribution < 1.29 is 13.2 Å². The van der Waals surface area contributed by atoms with Crippen LogP contribution in [0.2, 0.25) is 0 Å². The van der Waals surface area contributed by atoms with Crippen molar-refractivity contribution >= 4 is 28.0 Å². The first-order valence-electron chi connectivity index (χ1n) is 4.47. The van der Waals surface area contributed by atoms with E-state index in [1.165, 1.54) is 0 Å². The molecule has 14 heavy (non-hydrogen) atoms. The quantitative estimate of drug-likeness (QED) is 0.633. The Bertz CT molecular complexity index is 316. The Morgan fingerprint density at radius 3 is 2.00 bits per heavy atom. The van der Waals surface area contributed by atoms with E-state index in [-0.39, 0.29) is 47.6 Å². The third kappa shape index (κ3) is 2.10. The molecule has 1 heterocycles. The van der Waals surface area contributed by atoms with E-state index in [9.17, 15) is 13.2 Å². The number of ketones is 1. The highest BCUT2D eigenvalue weighted by Crippen LogP contribution is 2.32. The summed E-state index contributed by atoms with van der Waals surface area (Å²) >= 11 is 0. The minimum absolute atomic E-state index is 0. The van der Waals surface area contributed by atoms with Crippen molar-refractivity contribution in [1.82, 2.24) is 0 Å². The summed E-state index contributed by atoms with van der Waals surface area (Å²) in [6.07, 6.45) is 1.10. The van der Waals surface area contributed by atoms with Crippen molar-refractivity contribution in [2.75, 3.05) is 11.5 Å². The fourth-order valence-electron chi connectivity index (χ4n) is 2.37. The smallest absolute Gasteiger partial charge is 0.151 e. The number of rotatable bonds is 0. The second kappa shape index (κ2) is 3.79. The van der Waals surface area contributed by atoms with Gasteiger partial charge < -0.3 is 5.73 Å². The van der Waals surface area contributed by atoms with Crippen LogP contribution in [0.25, 0.3) is 0 Å². The Morgan fingerprint density at radius 1 is 1.14 bits per heavy atom. The van der Waals surface area contributed by atoms with Gasteiger partial charge in [0.05, 0.1) is 11.5 Å². The van der Waals surface area contributed by atoms with Crippen molar-refractivity contribution in [3.8, 4) is 0 Å². The van der Waals surface area contributed by atoms with Gasteiger partial charge in [0, 0.05) is 17.9 Å². The number of carbonyl (C=O) groups excluding carboxylic acids is 1. The molecule has 2 bridgehead atoms. The zero-order valence-electron chi connectivity index (χ0n) is 7.68. The van der Waals surface area contributed by atoms with E-state index in [0.29, 0.717) is 12.8 Å². The number of halogens is 1. The summed E-state index contributed by atoms with van der Waals surface area (Å²) in [5.41, 5.74) is 5.73. The SMILES string of the molecule is Cl.NC1CC2CS(=O)(=O)CC(C1)C2=O. The van der Waals surface area contributed by atoms with Crippen LogP contribution in [0, 0.1) is 11.8 Å². The van der Waals surface area contributed by atoms with E-state index in [1.807, 2.05) is 0 Å². The third-order valence-electron chi connectivity index (χ3n) is 2.89. The zero-order chi connectivity index (χ0) is 9.64. The molecule has 2 atom stereocenters. The average molecular weight is 240 g/mol. The normalized spacial score (nSPS) is 40.1. The van der Waals surface area contributed by atoms with Crippen LogP contribution in [0.15, 0.2) is 0 Å². The van der Waals surface area contributed by atoms with Gasteiger partial charge in [-0.25, -0.2) is 8.42 Å². The molecule has 2 rings (SSSR count). The highest BCUT2D eigenvalue weighted by molar-refractivity contribution is 7.91. The number of hydrogen-bond donors (Lipinski definition) is 1. The fourth-order valence-corrected chi connectivity index (χ4v) is 4.34. The molecule has 82 valence electrons. The molecule has 2 aliphatic rings. The van der Waals surface area contributed by atoms with E-state index in [1.54, 1.807) is 0 Å². The van der Waals surface area contributed by atoms with Gasteiger partial charge in [0.15, 0.2) is 9.84 Å². The summed E-state index contributed by atoms with van der Waals surface area (Å²) in [7, 11) is -2.97. The topological polar surface area (TPSA) is 77.2 Å². The van der Waals surface area contributed by atoms with Gasteiger partial charge in [-0.15, -0.1) is 12.4 Å². The number of hydrogen-bond acceptors (Lipinski definition) is 4. The average Bonchev–Trinajstić information content (AvgIpc) is 1.94. The second-order valence-corrected chi connectivity index (χ2v) is 6.26. The summed E-state index contributed by atoms with van der Waals surface area (Å²) in [6, 6.07) is 0.0169. The maximum absolute atomic E-state index is 11.5. The first-order chi connectivity index (χ1) is 5.98. The van der Waals surface area contributed by atoms with Gasteiger partial charge in [0.1, 0.15) is 5.78 Å². The van der Waals surface area contributed by atoms with E-state index in [4.69, 9.17) is 5.73 Å². The Labute approximate surface area is 89.6 Å². The van der Waals surface area contributed by atoms with E-state index < -0.39 is 9.84 Å². The summed E-state index contributed by atoms with van der Waals surface area (Å²) in [4.78, 5) is 11.5. The molecule has 0 radical (unpaired) electrons. The molecular formula is C8H14ClNO3S. The molecule has 0 spiro atoms. The molecule has 0 aromatic heterocycles. The first-order valence-corrected chi connectivity index (χ1v) is 6.30. The highest BCUT2D eigenvalue weighted by atomic mass is 35.5. The Kier molecular flexibility index (Phi) is 3.23. The number of carbonyl (C=O) groups is 1. The lowest BCUT2D eigenvalue weighted by molar-refractivity contribution is -0.128. The molecule has 1 aliphatic carbocycles. The molecular weight excluding hydrogens is 226 g/mol. The van der Waals surface area contributed by atoms with Crippen LogP contribution in [0.5, 0.6) is 0 Å². The molecule has 2 N–H and O–H groups in total. The van der Waals surface area contributed by atoms with Crippen molar-refractivity contribution in [3.63, 3.8) is 0 Å². The van der Waals surface area contributed by atoms with Crippen LogP contribution in [0.4, 0.5) is 0 Å². The maximum Gasteiger partial charge on any atom is 0.151 e. The fraction of sp³-hybridized carbons (Fsp3) is 0.875. The van der Waals surface area contributed by atoms with E-state index in [2.05, 4.69) is 0 Å². The molecule has 1 saturated heterocycles. The van der Waals surface area contributed by atoms with E-state index >= 15 is 0 Å². The Balaban J connectivity index is 0.000000980. The molecule has 2 unspecified atom stereocenters. The Hall–Kier alpha value is -0.130. The molecule has 0 aromatic rings. The van der Waals surface area contributed by atoms with Crippen molar-refractivity contribution in [2.45, 2.75) is 18.9 Å². The number of Topliss-reactive ketones (excluding diaryl/α,β-unsaturated/α-hetero) is 1. The van der Waals surface area contributed by atoms with Crippen LogP contribution < -0.4 is 5.73 Å². The second-order valence-electron chi connectivity index (χ2n) is 4.10. The van der Waals surface area contributed by atoms with Crippen molar-refractivity contribution in [3.05, 3.63) is 0 Å². The minimum Gasteiger partial charge on any atom is -0.328 e. The predicted molar refractivity (Wildman–Crippen MR) is 55.1 cm³/mol. The summed E-state index contributed by atoms with van der Waals surface area (Å²) < 4.78 is 22.6. The summed E-state index contributed by atoms with van der Waals surface area (Å²) in [5, 5.41) is 0. The maximum atomic E-state index is 11.5. The minimum atomic E-state index is -2.97. The van der Waals surface area contributed by atoms with E-state index in [0.717, 1.165) is 0 Å². The molecule has 6 heteroatoms. The lowest BCUT2D eigenvalue weighted by Crippen LogP contribution is -2.49. The van der Waals surface area contributed by atoms with Gasteiger partial charge in [-0.1, -0.05) is 0 Å². The predicted octanol–water partition coefficient (Wildman–Crippen LogP) is -0.241. The molecule has 1 saturated carbocycles. The standard InChI is InChI=1S/C8H13NO3S.ClH/c9-7-1-5-3-13(11,12)4-6(2-7)8(5)10;/h5-7H,1-4,9H2;1H. The van der Waals surface area contributed by atoms with Crippen LogP contribution in [0.1, 0.15) is 12.8 Å². The van der Waals surface area contributed by atoms with Gasteiger partial charge in [0.25, 0.3) is 0 Å². The van der Waals surface area contributed by atoms with Crippen LogP contribution in [0.3, 0.4) is 0 Å². The third-order valence-corrected chi connectivity index (χ3v) is 4.71. The van der Waals surface area contributed by atoms with Crippen molar-refractivity contribution in [1.29, 1.82) is 0 Å². The van der Waals surface area contributed by atoms with Crippen LogP contribution >= 0.6 is 12.4 Å². The largest absolute Gasteiger partial charge is 0.328 e. The van der Waals surface area contributed by atoms with Gasteiger partial charge in [0.2, 0.25) is 0 Å². The summed E-state index contributed by atoms with van der Waals surface area (Å²) in [6.45, 7) is 0. The number of fused-ring (bicyclic) bond motifs is 2. The number of sulfone groups is 1. The molecule has 0 aromatic carbocycles. The molecule has 0 amide bonds. The highest BCUT2D eigenvalue weighted by Gasteiger charge is 2.43. The Morgan fingerprint density at radius 2 is 1.57 bits per heavy atom. The van der Waals surface area contributed by atoms with Crippen LogP contribution in [-0.2, 0) is 14.6 Å². The lowest BCUT2D eigenvalue weighted by atomic mass is 9.79. The van der Waals surface area contributed by atoms with Gasteiger partial charge in [-0.05, 0) is 12.8 Å². The van der Waals surface area contributed by atoms with Crippen LogP contribution in [-0.4, -0.2) is 31.7 Å². The lowest BCUT2D eigenvalue weighted by Gasteiger charge is -2.35. The van der Waals surface area contributed by atoms with Gasteiger partial charge in [-0.3, -0.25) is 4.79 Å². The van der Waals surface area contributed by atoms with Gasteiger partial charge >= 0.3 is 0 Å². The van der Waals surface area contributed by atoms with Gasteiger partial charge in [-0.2, -0.15) is 0 Å². The monoisotopic (exact) mass is 239 g/mol.